The minimum Gasteiger partial charge on any atom is -0.446 e. The van der Waals surface area contributed by atoms with Crippen LogP contribution in [0.4, 0.5) is 0 Å². The molecule has 3 heteroatoms. The third-order valence-electron chi connectivity index (χ3n) is 5.11. The predicted molar refractivity (Wildman–Crippen MR) is 122 cm³/mol. The van der Waals surface area contributed by atoms with Gasteiger partial charge in [0.25, 0.3) is 0 Å². The first-order valence-electron chi connectivity index (χ1n) is 9.98. The Hall–Kier alpha value is -4.16. The molecule has 0 fully saturated rings. The zero-order chi connectivity index (χ0) is 21.8. The van der Waals surface area contributed by atoms with E-state index >= 15 is 0 Å². The summed E-state index contributed by atoms with van der Waals surface area (Å²) >= 11 is 0. The molecule has 1 aliphatic carbocycles. The average Bonchev–Trinajstić information content (AvgIpc) is 3.13. The fraction of sp³-hybridized carbons (Fsp3) is 0.0714. The number of rotatable bonds is 5. The molecule has 31 heavy (non-hydrogen) atoms. The van der Waals surface area contributed by atoms with Crippen molar-refractivity contribution in [2.45, 2.75) is 13.0 Å². The molecule has 1 aliphatic rings. The van der Waals surface area contributed by atoms with Crippen molar-refractivity contribution in [2.24, 2.45) is 0 Å². The first-order valence-corrected chi connectivity index (χ1v) is 9.98. The van der Waals surface area contributed by atoms with E-state index in [1.807, 2.05) is 91.0 Å². The smallest absolute Gasteiger partial charge is 0.344 e. The van der Waals surface area contributed by atoms with Crippen LogP contribution in [0.2, 0.25) is 0 Å². The van der Waals surface area contributed by atoms with E-state index in [2.05, 4.69) is 5.92 Å². The summed E-state index contributed by atoms with van der Waals surface area (Å²) in [6.45, 7) is 1.60. The van der Waals surface area contributed by atoms with E-state index in [1.54, 1.807) is 6.92 Å². The van der Waals surface area contributed by atoms with Crippen LogP contribution in [0.5, 0.6) is 0 Å². The number of carbonyl (C=O) groups is 2. The number of Topliss-reactive ketones (excluding diaryl/α,β-unsaturated/α-hetero) is 1. The minimum absolute atomic E-state index is 0.00556. The molecule has 3 aromatic rings. The van der Waals surface area contributed by atoms with Crippen LogP contribution in [-0.2, 0) is 14.3 Å². The highest BCUT2D eigenvalue weighted by molar-refractivity contribution is 6.53. The van der Waals surface area contributed by atoms with Crippen molar-refractivity contribution in [2.75, 3.05) is 0 Å². The van der Waals surface area contributed by atoms with Gasteiger partial charge in [0, 0.05) is 16.7 Å². The number of benzene rings is 3. The molecule has 0 aromatic heterocycles. The zero-order valence-electron chi connectivity index (χ0n) is 17.0. The first-order chi connectivity index (χ1) is 15.1. The summed E-state index contributed by atoms with van der Waals surface area (Å²) in [4.78, 5) is 26.9. The molecule has 0 heterocycles. The van der Waals surface area contributed by atoms with Gasteiger partial charge in [-0.2, -0.15) is 0 Å². The van der Waals surface area contributed by atoms with Gasteiger partial charge in [0.15, 0.2) is 6.10 Å². The highest BCUT2D eigenvalue weighted by Crippen LogP contribution is 2.46. The first kappa shape index (κ1) is 20.1. The fourth-order valence-corrected chi connectivity index (χ4v) is 3.72. The van der Waals surface area contributed by atoms with Gasteiger partial charge in [0.2, 0.25) is 5.78 Å². The Balaban J connectivity index is 2.02. The number of carbonyl (C=O) groups excluding carboxylic acids is 2. The standard InChI is InChI=1S/C28H20O3/c1-3-19(2)31-28(30)26-24(21-15-9-5-10-16-21)23(20-13-7-4-8-14-20)25(27(26)29)22-17-11-6-12-18-22/h1,4-19H,2H3. The average molecular weight is 404 g/mol. The van der Waals surface area contributed by atoms with Gasteiger partial charge in [-0.1, -0.05) is 96.9 Å². The van der Waals surface area contributed by atoms with Gasteiger partial charge in [0.05, 0.1) is 0 Å². The predicted octanol–water partition coefficient (Wildman–Crippen LogP) is 5.20. The number of hydrogen-bond donors (Lipinski definition) is 0. The molecule has 1 unspecified atom stereocenters. The molecule has 4 rings (SSSR count). The lowest BCUT2D eigenvalue weighted by Gasteiger charge is -2.13. The topological polar surface area (TPSA) is 43.4 Å². The summed E-state index contributed by atoms with van der Waals surface area (Å²) in [5, 5.41) is 0. The van der Waals surface area contributed by atoms with Crippen molar-refractivity contribution in [3.8, 4) is 12.3 Å². The summed E-state index contributed by atoms with van der Waals surface area (Å²) in [5.41, 5.74) is 4.11. The Morgan fingerprint density at radius 3 is 1.61 bits per heavy atom. The lowest BCUT2D eigenvalue weighted by molar-refractivity contribution is -0.141. The lowest BCUT2D eigenvalue weighted by Crippen LogP contribution is -2.19. The minimum atomic E-state index is -0.745. The third kappa shape index (κ3) is 3.84. The lowest BCUT2D eigenvalue weighted by atomic mass is 9.90. The van der Waals surface area contributed by atoms with Gasteiger partial charge in [-0.25, -0.2) is 4.79 Å². The van der Waals surface area contributed by atoms with Crippen molar-refractivity contribution in [1.82, 2.24) is 0 Å². The molecule has 150 valence electrons. The molecular formula is C28H20O3. The van der Waals surface area contributed by atoms with Crippen LogP contribution in [0.1, 0.15) is 23.6 Å². The van der Waals surface area contributed by atoms with Gasteiger partial charge in [-0.05, 0) is 23.6 Å². The molecule has 3 aromatic carbocycles. The van der Waals surface area contributed by atoms with Gasteiger partial charge in [-0.3, -0.25) is 4.79 Å². The summed E-state index contributed by atoms with van der Waals surface area (Å²) in [7, 11) is 0. The molecule has 1 atom stereocenters. The van der Waals surface area contributed by atoms with Crippen LogP contribution >= 0.6 is 0 Å². The molecule has 0 spiro atoms. The van der Waals surface area contributed by atoms with E-state index in [9.17, 15) is 9.59 Å². The molecule has 0 saturated heterocycles. The maximum Gasteiger partial charge on any atom is 0.344 e. The molecule has 0 N–H and O–H groups in total. The largest absolute Gasteiger partial charge is 0.446 e. The molecule has 0 bridgehead atoms. The molecule has 0 aliphatic heterocycles. The van der Waals surface area contributed by atoms with Crippen molar-refractivity contribution >= 4 is 28.5 Å². The Morgan fingerprint density at radius 1 is 0.742 bits per heavy atom. The summed E-state index contributed by atoms with van der Waals surface area (Å²) in [6, 6.07) is 28.4. The summed E-state index contributed by atoms with van der Waals surface area (Å²) < 4.78 is 5.39. The second-order valence-corrected chi connectivity index (χ2v) is 7.14. The number of terminal acetylenes is 1. The van der Waals surface area contributed by atoms with Crippen LogP contribution in [0.3, 0.4) is 0 Å². The summed E-state index contributed by atoms with van der Waals surface area (Å²) in [6.07, 6.45) is 4.65. The summed E-state index contributed by atoms with van der Waals surface area (Å²) in [5.74, 6) is 1.31. The Bertz CT molecular complexity index is 1230. The second-order valence-electron chi connectivity index (χ2n) is 7.14. The number of ketones is 1. The van der Waals surface area contributed by atoms with E-state index in [0.29, 0.717) is 16.7 Å². The van der Waals surface area contributed by atoms with Gasteiger partial charge >= 0.3 is 5.97 Å². The normalized spacial score (nSPS) is 14.4. The second kappa shape index (κ2) is 8.69. The molecule has 0 saturated carbocycles. The maximum absolute atomic E-state index is 13.7. The fourth-order valence-electron chi connectivity index (χ4n) is 3.72. The van der Waals surface area contributed by atoms with Gasteiger partial charge in [0.1, 0.15) is 5.57 Å². The van der Waals surface area contributed by atoms with E-state index in [1.165, 1.54) is 0 Å². The molecular weight excluding hydrogens is 384 g/mol. The van der Waals surface area contributed by atoms with Crippen LogP contribution in [0.15, 0.2) is 96.6 Å². The molecule has 3 nitrogen and oxygen atoms in total. The number of hydrogen-bond acceptors (Lipinski definition) is 3. The number of ether oxygens (including phenoxy) is 1. The molecule has 0 amide bonds. The van der Waals surface area contributed by atoms with E-state index in [-0.39, 0.29) is 11.4 Å². The van der Waals surface area contributed by atoms with Crippen LogP contribution in [0.25, 0.3) is 16.7 Å². The van der Waals surface area contributed by atoms with Gasteiger partial charge < -0.3 is 4.74 Å². The number of allylic oxidation sites excluding steroid dienone is 3. The van der Waals surface area contributed by atoms with Crippen molar-refractivity contribution in [1.29, 1.82) is 0 Å². The van der Waals surface area contributed by atoms with E-state index in [0.717, 1.165) is 16.7 Å². The zero-order valence-corrected chi connectivity index (χ0v) is 17.0. The monoisotopic (exact) mass is 404 g/mol. The number of esters is 1. The Kier molecular flexibility index (Phi) is 5.64. The van der Waals surface area contributed by atoms with Crippen LogP contribution in [0, 0.1) is 12.3 Å². The van der Waals surface area contributed by atoms with Gasteiger partial charge in [-0.15, -0.1) is 6.42 Å². The van der Waals surface area contributed by atoms with E-state index in [4.69, 9.17) is 11.2 Å². The van der Waals surface area contributed by atoms with E-state index < -0.39 is 12.1 Å². The highest BCUT2D eigenvalue weighted by atomic mass is 16.5. The van der Waals surface area contributed by atoms with Crippen LogP contribution in [-0.4, -0.2) is 17.9 Å². The van der Waals surface area contributed by atoms with Crippen LogP contribution < -0.4 is 0 Å². The Labute approximate surface area is 181 Å². The third-order valence-corrected chi connectivity index (χ3v) is 5.11. The van der Waals surface area contributed by atoms with Crippen molar-refractivity contribution < 1.29 is 14.3 Å². The molecule has 0 radical (unpaired) electrons. The maximum atomic E-state index is 13.7. The quantitative estimate of drug-likeness (QED) is 0.334. The Morgan fingerprint density at radius 2 is 1.16 bits per heavy atom. The van der Waals surface area contributed by atoms with Crippen molar-refractivity contribution in [3.05, 3.63) is 113 Å². The SMILES string of the molecule is C#CC(C)OC(=O)C1=C(c2ccccc2)C(c2ccccc2)=C(c2ccccc2)C1=O. The van der Waals surface area contributed by atoms with Crippen molar-refractivity contribution in [3.63, 3.8) is 0 Å². The highest BCUT2D eigenvalue weighted by Gasteiger charge is 2.39.